The van der Waals surface area contributed by atoms with Gasteiger partial charge in [-0.05, 0) is 38.5 Å². The number of benzene rings is 1. The number of nitrogens with one attached hydrogen (secondary N) is 1. The number of hydrogen-bond acceptors (Lipinski definition) is 3. The van der Waals surface area contributed by atoms with Gasteiger partial charge in [-0.2, -0.15) is 0 Å². The molecule has 6 heteroatoms. The van der Waals surface area contributed by atoms with Crippen molar-refractivity contribution in [2.45, 2.75) is 37.6 Å². The van der Waals surface area contributed by atoms with Gasteiger partial charge in [0.2, 0.25) is 5.91 Å². The normalized spacial score (nSPS) is 13.1. The van der Waals surface area contributed by atoms with E-state index in [1.54, 1.807) is 0 Å². The van der Waals surface area contributed by atoms with Gasteiger partial charge in [-0.1, -0.05) is 6.92 Å². The van der Waals surface area contributed by atoms with Crippen LogP contribution in [-0.4, -0.2) is 21.4 Å². The molecule has 1 amide bonds. The predicted molar refractivity (Wildman–Crippen MR) is 74.6 cm³/mol. The van der Waals surface area contributed by atoms with Crippen LogP contribution in [-0.2, 0) is 15.6 Å². The van der Waals surface area contributed by atoms with Crippen molar-refractivity contribution < 1.29 is 13.4 Å². The van der Waals surface area contributed by atoms with E-state index >= 15 is 0 Å². The third kappa shape index (κ3) is 4.63. The molecule has 0 fully saturated rings. The molecule has 1 aromatic rings. The second-order valence-corrected chi connectivity index (χ2v) is 6.41. The minimum atomic E-state index is -1.58. The van der Waals surface area contributed by atoms with Crippen molar-refractivity contribution in [1.29, 1.82) is 0 Å². The maximum absolute atomic E-state index is 13.2. The first-order valence-electron chi connectivity index (χ1n) is 5.99. The maximum atomic E-state index is 13.2. The van der Waals surface area contributed by atoms with E-state index in [-0.39, 0.29) is 27.8 Å². The van der Waals surface area contributed by atoms with Gasteiger partial charge in [-0.25, -0.2) is 4.39 Å². The number of halogens is 1. The van der Waals surface area contributed by atoms with E-state index in [4.69, 9.17) is 5.73 Å². The van der Waals surface area contributed by atoms with Gasteiger partial charge < -0.3 is 11.1 Å². The molecular weight excluding hydrogens is 267 g/mol. The molecule has 0 aliphatic heterocycles. The van der Waals surface area contributed by atoms with Crippen molar-refractivity contribution in [3.05, 3.63) is 24.0 Å². The van der Waals surface area contributed by atoms with Crippen molar-refractivity contribution in [3.63, 3.8) is 0 Å². The number of carbonyl (C=O) groups excluding carboxylic acids is 1. The van der Waals surface area contributed by atoms with Crippen LogP contribution in [0.4, 0.5) is 10.1 Å². The summed E-state index contributed by atoms with van der Waals surface area (Å²) in [7, 11) is -1.58. The minimum absolute atomic E-state index is 0.00248. The highest BCUT2D eigenvalue weighted by molar-refractivity contribution is 7.85. The molecule has 106 valence electrons. The van der Waals surface area contributed by atoms with Crippen LogP contribution in [0.15, 0.2) is 23.1 Å². The van der Waals surface area contributed by atoms with Crippen molar-refractivity contribution in [1.82, 2.24) is 5.32 Å². The fraction of sp³-hybridized carbons (Fsp3) is 0.462. The van der Waals surface area contributed by atoms with Gasteiger partial charge >= 0.3 is 0 Å². The Morgan fingerprint density at radius 2 is 2.11 bits per heavy atom. The molecule has 0 saturated carbocycles. The molecule has 0 saturated heterocycles. The highest BCUT2D eigenvalue weighted by atomic mass is 32.2. The van der Waals surface area contributed by atoms with E-state index in [1.165, 1.54) is 12.1 Å². The predicted octanol–water partition coefficient (Wildman–Crippen LogP) is 1.82. The van der Waals surface area contributed by atoms with Gasteiger partial charge in [-0.15, -0.1) is 0 Å². The van der Waals surface area contributed by atoms with Gasteiger partial charge in [0.15, 0.2) is 0 Å². The van der Waals surface area contributed by atoms with E-state index in [9.17, 15) is 13.4 Å². The first-order chi connectivity index (χ1) is 8.75. The number of nitrogens with two attached hydrogens (primary N) is 1. The lowest BCUT2D eigenvalue weighted by Gasteiger charge is -2.24. The van der Waals surface area contributed by atoms with Crippen molar-refractivity contribution >= 4 is 22.4 Å². The number of carbonyl (C=O) groups is 1. The van der Waals surface area contributed by atoms with Crippen LogP contribution in [0.25, 0.3) is 0 Å². The van der Waals surface area contributed by atoms with Crippen molar-refractivity contribution in [2.75, 3.05) is 11.5 Å². The van der Waals surface area contributed by atoms with E-state index in [2.05, 4.69) is 5.32 Å². The summed E-state index contributed by atoms with van der Waals surface area (Å²) in [6.07, 6.45) is 0.766. The number of amides is 1. The van der Waals surface area contributed by atoms with Gasteiger partial charge in [-0.3, -0.25) is 9.00 Å². The molecule has 1 aromatic carbocycles. The van der Waals surface area contributed by atoms with Gasteiger partial charge in [0, 0.05) is 10.4 Å². The van der Waals surface area contributed by atoms with Crippen LogP contribution < -0.4 is 11.1 Å². The highest BCUT2D eigenvalue weighted by Crippen LogP contribution is 2.15. The summed E-state index contributed by atoms with van der Waals surface area (Å²) >= 11 is 0. The Labute approximate surface area is 115 Å². The lowest BCUT2D eigenvalue weighted by molar-refractivity contribution is -0.120. The molecule has 0 aromatic heterocycles. The number of anilines is 1. The first-order valence-corrected chi connectivity index (χ1v) is 7.31. The van der Waals surface area contributed by atoms with E-state index in [0.29, 0.717) is 0 Å². The molecule has 0 aliphatic rings. The van der Waals surface area contributed by atoms with Crippen molar-refractivity contribution in [2.24, 2.45) is 0 Å². The summed E-state index contributed by atoms with van der Waals surface area (Å²) in [5.74, 6) is -1.13. The number of nitrogen functional groups attached to an aromatic ring is 1. The molecule has 0 spiro atoms. The van der Waals surface area contributed by atoms with Crippen LogP contribution in [0, 0.1) is 5.82 Å². The second kappa shape index (κ2) is 6.14. The average Bonchev–Trinajstić information content (AvgIpc) is 2.31. The summed E-state index contributed by atoms with van der Waals surface area (Å²) in [5.41, 5.74) is 5.00. The molecule has 1 rings (SSSR count). The molecule has 1 atom stereocenters. The molecule has 0 bridgehead atoms. The van der Waals surface area contributed by atoms with E-state index in [0.717, 1.165) is 12.5 Å². The minimum Gasteiger partial charge on any atom is -0.396 e. The molecule has 1 unspecified atom stereocenters. The van der Waals surface area contributed by atoms with Crippen LogP contribution in [0.5, 0.6) is 0 Å². The lowest BCUT2D eigenvalue weighted by Crippen LogP contribution is -2.44. The standard InChI is InChI=1S/C13H19FN2O2S/c1-4-13(2,3)16-12(17)8-19(18)9-5-6-11(15)10(14)7-9/h5-7H,4,8,15H2,1-3H3,(H,16,17). The average molecular weight is 286 g/mol. The zero-order valence-electron chi connectivity index (χ0n) is 11.3. The van der Waals surface area contributed by atoms with Crippen LogP contribution in [0.1, 0.15) is 27.2 Å². The molecule has 0 aliphatic carbocycles. The fourth-order valence-electron chi connectivity index (χ4n) is 1.35. The Morgan fingerprint density at radius 1 is 1.47 bits per heavy atom. The highest BCUT2D eigenvalue weighted by Gasteiger charge is 2.19. The summed E-state index contributed by atoms with van der Waals surface area (Å²) in [4.78, 5) is 12.0. The maximum Gasteiger partial charge on any atom is 0.233 e. The van der Waals surface area contributed by atoms with E-state index < -0.39 is 16.6 Å². The largest absolute Gasteiger partial charge is 0.396 e. The topological polar surface area (TPSA) is 72.2 Å². The molecule has 3 N–H and O–H groups in total. The molecule has 0 radical (unpaired) electrons. The molecular formula is C13H19FN2O2S. The molecule has 0 heterocycles. The Bertz CT molecular complexity index is 503. The Balaban J connectivity index is 2.69. The van der Waals surface area contributed by atoms with Crippen LogP contribution >= 0.6 is 0 Å². The Hall–Kier alpha value is -1.43. The third-order valence-corrected chi connectivity index (χ3v) is 4.16. The van der Waals surface area contributed by atoms with Gasteiger partial charge in [0.25, 0.3) is 0 Å². The van der Waals surface area contributed by atoms with E-state index in [1.807, 2.05) is 20.8 Å². The summed E-state index contributed by atoms with van der Waals surface area (Å²) in [6.45, 7) is 5.72. The number of rotatable bonds is 5. The SMILES string of the molecule is CCC(C)(C)NC(=O)CS(=O)c1ccc(N)c(F)c1. The monoisotopic (exact) mass is 286 g/mol. The zero-order valence-corrected chi connectivity index (χ0v) is 12.1. The summed E-state index contributed by atoms with van der Waals surface area (Å²) < 4.78 is 25.2. The summed E-state index contributed by atoms with van der Waals surface area (Å²) in [5, 5.41) is 2.78. The second-order valence-electron chi connectivity index (χ2n) is 4.96. The first kappa shape index (κ1) is 15.6. The summed E-state index contributed by atoms with van der Waals surface area (Å²) in [6, 6.07) is 3.91. The zero-order chi connectivity index (χ0) is 14.6. The lowest BCUT2D eigenvalue weighted by atomic mass is 10.0. The van der Waals surface area contributed by atoms with Gasteiger partial charge in [0.1, 0.15) is 11.6 Å². The smallest absolute Gasteiger partial charge is 0.233 e. The Morgan fingerprint density at radius 3 is 2.63 bits per heavy atom. The van der Waals surface area contributed by atoms with Crippen molar-refractivity contribution in [3.8, 4) is 0 Å². The number of hydrogen-bond donors (Lipinski definition) is 2. The third-order valence-electron chi connectivity index (χ3n) is 2.86. The van der Waals surface area contributed by atoms with Gasteiger partial charge in [0.05, 0.1) is 16.5 Å². The fourth-order valence-corrected chi connectivity index (χ4v) is 2.29. The Kier molecular flexibility index (Phi) is 5.05. The molecule has 19 heavy (non-hydrogen) atoms. The molecule has 4 nitrogen and oxygen atoms in total. The van der Waals surface area contributed by atoms with Crippen LogP contribution in [0.3, 0.4) is 0 Å². The quantitative estimate of drug-likeness (QED) is 0.811. The van der Waals surface area contributed by atoms with Crippen LogP contribution in [0.2, 0.25) is 0 Å².